The van der Waals surface area contributed by atoms with Crippen LogP contribution in [0.25, 0.3) is 0 Å². The van der Waals surface area contributed by atoms with Crippen molar-refractivity contribution >= 4 is 5.82 Å². The van der Waals surface area contributed by atoms with Crippen molar-refractivity contribution < 1.29 is 4.39 Å². The van der Waals surface area contributed by atoms with Gasteiger partial charge in [0.1, 0.15) is 6.33 Å². The van der Waals surface area contributed by atoms with Gasteiger partial charge in [-0.15, -0.1) is 0 Å². The molecule has 0 aromatic carbocycles. The van der Waals surface area contributed by atoms with E-state index in [1.165, 1.54) is 6.33 Å². The van der Waals surface area contributed by atoms with E-state index in [2.05, 4.69) is 15.3 Å². The minimum absolute atomic E-state index is 0.261. The van der Waals surface area contributed by atoms with Crippen LogP contribution in [0.5, 0.6) is 0 Å². The van der Waals surface area contributed by atoms with Crippen LogP contribution < -0.4 is 5.32 Å². The first-order valence-electron chi connectivity index (χ1n) is 3.46. The molecule has 1 rings (SSSR count). The number of hydrogen-bond donors (Lipinski definition) is 1. The molecule has 0 amide bonds. The summed E-state index contributed by atoms with van der Waals surface area (Å²) >= 11 is 0. The maximum Gasteiger partial charge on any atom is 0.186 e. The maximum absolute atomic E-state index is 13.1. The second-order valence-electron chi connectivity index (χ2n) is 2.09. The standard InChI is InChI=1S/C7H10FN3/c1-3-5-6(8)7(9-2)11-4-10-5/h4H,3H2,1-2H3,(H,9,10,11). The van der Waals surface area contributed by atoms with E-state index >= 15 is 0 Å². The Bertz CT molecular complexity index is 227. The molecule has 0 aliphatic rings. The summed E-state index contributed by atoms with van der Waals surface area (Å²) < 4.78 is 13.1. The molecule has 1 N–H and O–H groups in total. The molecule has 0 bridgehead atoms. The fourth-order valence-electron chi connectivity index (χ4n) is 0.827. The van der Waals surface area contributed by atoms with Gasteiger partial charge in [-0.1, -0.05) is 6.92 Å². The van der Waals surface area contributed by atoms with Crippen LogP contribution in [0.1, 0.15) is 12.6 Å². The first-order chi connectivity index (χ1) is 5.29. The first-order valence-corrected chi connectivity index (χ1v) is 3.46. The highest BCUT2D eigenvalue weighted by Crippen LogP contribution is 2.11. The van der Waals surface area contributed by atoms with Gasteiger partial charge >= 0.3 is 0 Å². The highest BCUT2D eigenvalue weighted by molar-refractivity contribution is 5.36. The van der Waals surface area contributed by atoms with Crippen molar-refractivity contribution in [1.82, 2.24) is 9.97 Å². The third-order valence-corrected chi connectivity index (χ3v) is 1.43. The average Bonchev–Trinajstić information content (AvgIpc) is 2.05. The summed E-state index contributed by atoms with van der Waals surface area (Å²) in [6.07, 6.45) is 1.94. The summed E-state index contributed by atoms with van der Waals surface area (Å²) in [7, 11) is 1.63. The van der Waals surface area contributed by atoms with E-state index in [-0.39, 0.29) is 11.6 Å². The van der Waals surface area contributed by atoms with E-state index in [1.54, 1.807) is 7.05 Å². The minimum atomic E-state index is -0.350. The quantitative estimate of drug-likeness (QED) is 0.697. The Balaban J connectivity index is 3.10. The molecule has 0 saturated carbocycles. The van der Waals surface area contributed by atoms with Crippen LogP contribution in [-0.4, -0.2) is 17.0 Å². The third-order valence-electron chi connectivity index (χ3n) is 1.43. The number of nitrogens with one attached hydrogen (secondary N) is 1. The Morgan fingerprint density at radius 1 is 1.55 bits per heavy atom. The molecule has 0 radical (unpaired) electrons. The Morgan fingerprint density at radius 3 is 2.82 bits per heavy atom. The normalized spacial score (nSPS) is 9.73. The predicted octanol–water partition coefficient (Wildman–Crippen LogP) is 1.22. The molecular formula is C7H10FN3. The lowest BCUT2D eigenvalue weighted by molar-refractivity contribution is 0.598. The smallest absolute Gasteiger partial charge is 0.186 e. The molecule has 0 spiro atoms. The van der Waals surface area contributed by atoms with Crippen molar-refractivity contribution in [2.24, 2.45) is 0 Å². The van der Waals surface area contributed by atoms with Crippen LogP contribution in [-0.2, 0) is 6.42 Å². The summed E-state index contributed by atoms with van der Waals surface area (Å²) in [5.74, 6) is -0.0886. The number of aromatic nitrogens is 2. The molecule has 0 saturated heterocycles. The van der Waals surface area contributed by atoms with Gasteiger partial charge in [-0.3, -0.25) is 0 Å². The second-order valence-corrected chi connectivity index (χ2v) is 2.09. The lowest BCUT2D eigenvalue weighted by Gasteiger charge is -2.02. The zero-order chi connectivity index (χ0) is 8.27. The molecule has 0 fully saturated rings. The van der Waals surface area contributed by atoms with Crippen molar-refractivity contribution in [2.75, 3.05) is 12.4 Å². The largest absolute Gasteiger partial charge is 0.371 e. The molecule has 0 aliphatic heterocycles. The molecular weight excluding hydrogens is 145 g/mol. The van der Waals surface area contributed by atoms with Gasteiger partial charge in [-0.2, -0.15) is 0 Å². The van der Waals surface area contributed by atoms with E-state index in [0.29, 0.717) is 12.1 Å². The van der Waals surface area contributed by atoms with Gasteiger partial charge in [0.05, 0.1) is 5.69 Å². The second kappa shape index (κ2) is 3.27. The van der Waals surface area contributed by atoms with Crippen LogP contribution in [0.2, 0.25) is 0 Å². The number of nitrogens with zero attached hydrogens (tertiary/aromatic N) is 2. The fourth-order valence-corrected chi connectivity index (χ4v) is 0.827. The van der Waals surface area contributed by atoms with E-state index < -0.39 is 0 Å². The molecule has 1 aromatic rings. The molecule has 3 nitrogen and oxygen atoms in total. The predicted molar refractivity (Wildman–Crippen MR) is 40.9 cm³/mol. The van der Waals surface area contributed by atoms with Crippen molar-refractivity contribution in [1.29, 1.82) is 0 Å². The van der Waals surface area contributed by atoms with Crippen molar-refractivity contribution in [2.45, 2.75) is 13.3 Å². The van der Waals surface area contributed by atoms with Gasteiger partial charge in [0.2, 0.25) is 0 Å². The van der Waals surface area contributed by atoms with Crippen LogP contribution in [0.15, 0.2) is 6.33 Å². The van der Waals surface area contributed by atoms with Crippen molar-refractivity contribution in [3.05, 3.63) is 17.8 Å². The highest BCUT2D eigenvalue weighted by Gasteiger charge is 2.06. The molecule has 1 aromatic heterocycles. The number of halogens is 1. The summed E-state index contributed by atoms with van der Waals surface area (Å²) in [6, 6.07) is 0. The van der Waals surface area contributed by atoms with Crippen molar-refractivity contribution in [3.63, 3.8) is 0 Å². The molecule has 1 heterocycles. The molecule has 0 atom stereocenters. The van der Waals surface area contributed by atoms with Crippen LogP contribution in [0.4, 0.5) is 10.2 Å². The highest BCUT2D eigenvalue weighted by atomic mass is 19.1. The van der Waals surface area contributed by atoms with Gasteiger partial charge in [0.25, 0.3) is 0 Å². The lowest BCUT2D eigenvalue weighted by Crippen LogP contribution is -2.01. The zero-order valence-corrected chi connectivity index (χ0v) is 6.56. The zero-order valence-electron chi connectivity index (χ0n) is 6.56. The van der Waals surface area contributed by atoms with Crippen LogP contribution in [0.3, 0.4) is 0 Å². The van der Waals surface area contributed by atoms with Gasteiger partial charge in [0, 0.05) is 7.05 Å². The van der Waals surface area contributed by atoms with Gasteiger partial charge in [-0.05, 0) is 6.42 Å². The number of rotatable bonds is 2. The number of anilines is 1. The van der Waals surface area contributed by atoms with Gasteiger partial charge in [0.15, 0.2) is 11.6 Å². The Morgan fingerprint density at radius 2 is 2.27 bits per heavy atom. The molecule has 60 valence electrons. The summed E-state index contributed by atoms with van der Waals surface area (Å²) in [5.41, 5.74) is 0.448. The van der Waals surface area contributed by atoms with E-state index in [0.717, 1.165) is 0 Å². The van der Waals surface area contributed by atoms with Crippen LogP contribution in [0, 0.1) is 5.82 Å². The molecule has 4 heteroatoms. The summed E-state index contributed by atoms with van der Waals surface area (Å²) in [4.78, 5) is 7.49. The Hall–Kier alpha value is -1.19. The molecule has 11 heavy (non-hydrogen) atoms. The maximum atomic E-state index is 13.1. The topological polar surface area (TPSA) is 37.8 Å². The fraction of sp³-hybridized carbons (Fsp3) is 0.429. The molecule has 0 unspecified atom stereocenters. The van der Waals surface area contributed by atoms with E-state index in [9.17, 15) is 4.39 Å². The SMILES string of the molecule is CCc1ncnc(NC)c1F. The van der Waals surface area contributed by atoms with Gasteiger partial charge < -0.3 is 5.32 Å². The Labute approximate surface area is 64.7 Å². The van der Waals surface area contributed by atoms with Gasteiger partial charge in [-0.25, -0.2) is 14.4 Å². The van der Waals surface area contributed by atoms with Crippen molar-refractivity contribution in [3.8, 4) is 0 Å². The average molecular weight is 155 g/mol. The summed E-state index contributed by atoms with van der Waals surface area (Å²) in [6.45, 7) is 1.85. The monoisotopic (exact) mass is 155 g/mol. The first kappa shape index (κ1) is 7.91. The number of hydrogen-bond acceptors (Lipinski definition) is 3. The van der Waals surface area contributed by atoms with E-state index in [1.807, 2.05) is 6.92 Å². The lowest BCUT2D eigenvalue weighted by atomic mass is 10.3. The summed E-state index contributed by atoms with van der Waals surface area (Å²) in [5, 5.41) is 2.64. The third kappa shape index (κ3) is 1.45. The van der Waals surface area contributed by atoms with E-state index in [4.69, 9.17) is 0 Å². The molecule has 0 aliphatic carbocycles. The number of aryl methyl sites for hydroxylation is 1. The Kier molecular flexibility index (Phi) is 2.36. The van der Waals surface area contributed by atoms with Crippen LogP contribution >= 0.6 is 0 Å². The minimum Gasteiger partial charge on any atom is -0.371 e.